The van der Waals surface area contributed by atoms with Crippen molar-refractivity contribution >= 4 is 5.69 Å². The van der Waals surface area contributed by atoms with Gasteiger partial charge in [-0.3, -0.25) is 0 Å². The van der Waals surface area contributed by atoms with Gasteiger partial charge in [0.05, 0.1) is 0 Å². The zero-order valence-electron chi connectivity index (χ0n) is 9.13. The predicted octanol–water partition coefficient (Wildman–Crippen LogP) is 2.20. The van der Waals surface area contributed by atoms with Crippen molar-refractivity contribution < 1.29 is 0 Å². The molecule has 0 saturated carbocycles. The summed E-state index contributed by atoms with van der Waals surface area (Å²) in [5.41, 5.74) is 7.92. The van der Waals surface area contributed by atoms with Gasteiger partial charge in [-0.05, 0) is 24.1 Å². The second kappa shape index (κ2) is 3.67. The van der Waals surface area contributed by atoms with Crippen LogP contribution in [0.5, 0.6) is 0 Å². The fourth-order valence-corrected chi connectivity index (χ4v) is 2.41. The van der Waals surface area contributed by atoms with Gasteiger partial charge in [-0.1, -0.05) is 12.1 Å². The molecule has 1 aromatic heterocycles. The van der Waals surface area contributed by atoms with Gasteiger partial charge in [0, 0.05) is 37.0 Å². The van der Waals surface area contributed by atoms with E-state index in [1.165, 1.54) is 17.8 Å². The average Bonchev–Trinajstić information content (AvgIpc) is 2.77. The molecule has 0 aliphatic carbocycles. The Balaban J connectivity index is 1.86. The molecule has 82 valence electrons. The van der Waals surface area contributed by atoms with Crippen molar-refractivity contribution in [3.05, 3.63) is 48.0 Å². The number of hydrogen-bond acceptors (Lipinski definition) is 2. The quantitative estimate of drug-likeness (QED) is 0.738. The van der Waals surface area contributed by atoms with Crippen LogP contribution in [-0.4, -0.2) is 9.55 Å². The van der Waals surface area contributed by atoms with Crippen molar-refractivity contribution in [3.8, 4) is 0 Å². The molecule has 0 amide bonds. The molecule has 16 heavy (non-hydrogen) atoms. The summed E-state index contributed by atoms with van der Waals surface area (Å²) >= 11 is 0. The summed E-state index contributed by atoms with van der Waals surface area (Å²) in [7, 11) is 0. The number of anilines is 1. The lowest BCUT2D eigenvalue weighted by molar-refractivity contribution is 0.456. The van der Waals surface area contributed by atoms with Crippen molar-refractivity contribution in [1.29, 1.82) is 0 Å². The Morgan fingerprint density at radius 2 is 2.06 bits per heavy atom. The number of fused-ring (bicyclic) bond motifs is 1. The first-order chi connectivity index (χ1) is 7.83. The largest absolute Gasteiger partial charge is 0.399 e. The average molecular weight is 213 g/mol. The van der Waals surface area contributed by atoms with Gasteiger partial charge in [-0.25, -0.2) is 4.98 Å². The van der Waals surface area contributed by atoms with Crippen LogP contribution in [0.25, 0.3) is 0 Å². The number of aromatic nitrogens is 2. The van der Waals surface area contributed by atoms with Gasteiger partial charge in [0.1, 0.15) is 5.82 Å². The molecule has 0 fully saturated rings. The van der Waals surface area contributed by atoms with Crippen molar-refractivity contribution in [2.45, 2.75) is 25.3 Å². The topological polar surface area (TPSA) is 43.8 Å². The molecule has 0 bridgehead atoms. The van der Waals surface area contributed by atoms with E-state index in [2.05, 4.69) is 27.9 Å². The van der Waals surface area contributed by atoms with E-state index in [0.29, 0.717) is 5.92 Å². The van der Waals surface area contributed by atoms with Crippen LogP contribution >= 0.6 is 0 Å². The number of imidazole rings is 1. The van der Waals surface area contributed by atoms with Crippen molar-refractivity contribution in [3.63, 3.8) is 0 Å². The molecule has 1 atom stereocenters. The summed E-state index contributed by atoms with van der Waals surface area (Å²) in [6.45, 7) is 1.04. The zero-order chi connectivity index (χ0) is 11.0. The highest BCUT2D eigenvalue weighted by Crippen LogP contribution is 2.28. The molecule has 0 radical (unpaired) electrons. The molecule has 3 nitrogen and oxygen atoms in total. The second-order valence-corrected chi connectivity index (χ2v) is 4.40. The fourth-order valence-electron chi connectivity index (χ4n) is 2.41. The number of aryl methyl sites for hydroxylation is 1. The molecule has 2 N–H and O–H groups in total. The lowest BCUT2D eigenvalue weighted by Crippen LogP contribution is -2.18. The van der Waals surface area contributed by atoms with Gasteiger partial charge in [-0.2, -0.15) is 0 Å². The first-order valence-corrected chi connectivity index (χ1v) is 5.68. The molecule has 1 aliphatic heterocycles. The molecule has 1 aromatic carbocycles. The SMILES string of the molecule is Nc1ccc(C2CCc3nccn3C2)cc1. The molecular formula is C13H15N3. The summed E-state index contributed by atoms with van der Waals surface area (Å²) in [6, 6.07) is 8.25. The summed E-state index contributed by atoms with van der Waals surface area (Å²) < 4.78 is 2.25. The molecule has 1 aliphatic rings. The number of nitrogen functional groups attached to an aromatic ring is 1. The second-order valence-electron chi connectivity index (χ2n) is 4.40. The smallest absolute Gasteiger partial charge is 0.108 e. The monoisotopic (exact) mass is 213 g/mol. The number of nitrogens with two attached hydrogens (primary N) is 1. The van der Waals surface area contributed by atoms with E-state index in [9.17, 15) is 0 Å². The van der Waals surface area contributed by atoms with Crippen LogP contribution in [0.15, 0.2) is 36.7 Å². The number of nitrogens with zero attached hydrogens (tertiary/aromatic N) is 2. The summed E-state index contributed by atoms with van der Waals surface area (Å²) in [4.78, 5) is 4.34. The third-order valence-electron chi connectivity index (χ3n) is 3.34. The lowest BCUT2D eigenvalue weighted by Gasteiger charge is -2.24. The number of benzene rings is 1. The van der Waals surface area contributed by atoms with E-state index in [0.717, 1.165) is 18.7 Å². The maximum atomic E-state index is 5.70. The van der Waals surface area contributed by atoms with E-state index in [4.69, 9.17) is 5.73 Å². The summed E-state index contributed by atoms with van der Waals surface area (Å²) in [5, 5.41) is 0. The van der Waals surface area contributed by atoms with Crippen LogP contribution in [0, 0.1) is 0 Å². The van der Waals surface area contributed by atoms with E-state index in [1.807, 2.05) is 18.3 Å². The normalized spacial score (nSPS) is 19.4. The molecule has 2 aromatic rings. The predicted molar refractivity (Wildman–Crippen MR) is 64.1 cm³/mol. The third-order valence-corrected chi connectivity index (χ3v) is 3.34. The Bertz CT molecular complexity index is 484. The molecular weight excluding hydrogens is 198 g/mol. The highest BCUT2D eigenvalue weighted by atomic mass is 15.1. The van der Waals surface area contributed by atoms with Crippen LogP contribution in [0.4, 0.5) is 5.69 Å². The van der Waals surface area contributed by atoms with E-state index < -0.39 is 0 Å². The molecule has 0 saturated heterocycles. The Labute approximate surface area is 94.9 Å². The van der Waals surface area contributed by atoms with Crippen LogP contribution in [0.1, 0.15) is 23.7 Å². The first-order valence-electron chi connectivity index (χ1n) is 5.68. The Morgan fingerprint density at radius 1 is 1.25 bits per heavy atom. The maximum Gasteiger partial charge on any atom is 0.108 e. The minimum absolute atomic E-state index is 0.599. The molecule has 2 heterocycles. The highest BCUT2D eigenvalue weighted by molar-refractivity contribution is 5.40. The summed E-state index contributed by atoms with van der Waals surface area (Å²) in [5.74, 6) is 1.81. The van der Waals surface area contributed by atoms with Gasteiger partial charge in [0.25, 0.3) is 0 Å². The standard InChI is InChI=1S/C13H15N3/c14-12-4-1-10(2-5-12)11-3-6-13-15-7-8-16(13)9-11/h1-2,4-5,7-8,11H,3,6,9,14H2. The molecule has 1 unspecified atom stereocenters. The van der Waals surface area contributed by atoms with Crippen LogP contribution in [0.3, 0.4) is 0 Å². The molecule has 3 rings (SSSR count). The molecule has 3 heteroatoms. The van der Waals surface area contributed by atoms with Crippen molar-refractivity contribution in [1.82, 2.24) is 9.55 Å². The van der Waals surface area contributed by atoms with E-state index in [-0.39, 0.29) is 0 Å². The van der Waals surface area contributed by atoms with Crippen LogP contribution in [0.2, 0.25) is 0 Å². The van der Waals surface area contributed by atoms with E-state index >= 15 is 0 Å². The Kier molecular flexibility index (Phi) is 2.17. The fraction of sp³-hybridized carbons (Fsp3) is 0.308. The lowest BCUT2D eigenvalue weighted by atomic mass is 9.91. The summed E-state index contributed by atoms with van der Waals surface area (Å²) in [6.07, 6.45) is 6.21. The number of rotatable bonds is 1. The first kappa shape index (κ1) is 9.46. The van der Waals surface area contributed by atoms with Gasteiger partial charge in [0.2, 0.25) is 0 Å². The molecule has 0 spiro atoms. The van der Waals surface area contributed by atoms with Gasteiger partial charge in [0.15, 0.2) is 0 Å². The minimum Gasteiger partial charge on any atom is -0.399 e. The van der Waals surface area contributed by atoms with Crippen molar-refractivity contribution in [2.24, 2.45) is 0 Å². The van der Waals surface area contributed by atoms with Gasteiger partial charge in [-0.15, -0.1) is 0 Å². The van der Waals surface area contributed by atoms with Gasteiger partial charge >= 0.3 is 0 Å². The van der Waals surface area contributed by atoms with E-state index in [1.54, 1.807) is 0 Å². The zero-order valence-corrected chi connectivity index (χ0v) is 9.13. The van der Waals surface area contributed by atoms with Crippen LogP contribution in [-0.2, 0) is 13.0 Å². The Morgan fingerprint density at radius 3 is 2.88 bits per heavy atom. The highest BCUT2D eigenvalue weighted by Gasteiger charge is 2.19. The van der Waals surface area contributed by atoms with Gasteiger partial charge < -0.3 is 10.3 Å². The Hall–Kier alpha value is -1.77. The third kappa shape index (κ3) is 1.58. The van der Waals surface area contributed by atoms with Crippen LogP contribution < -0.4 is 5.73 Å². The maximum absolute atomic E-state index is 5.70. The number of hydrogen-bond donors (Lipinski definition) is 1. The van der Waals surface area contributed by atoms with Crippen molar-refractivity contribution in [2.75, 3.05) is 5.73 Å². The minimum atomic E-state index is 0.599.